The predicted octanol–water partition coefficient (Wildman–Crippen LogP) is 5.57. The minimum atomic E-state index is -0.601. The number of aromatic hydroxyl groups is 1. The van der Waals surface area contributed by atoms with Gasteiger partial charge in [0.05, 0.1) is 22.7 Å². The van der Waals surface area contributed by atoms with Gasteiger partial charge in [-0.05, 0) is 115 Å². The molecule has 0 bridgehead atoms. The van der Waals surface area contributed by atoms with Crippen molar-refractivity contribution in [3.05, 3.63) is 105 Å². The van der Waals surface area contributed by atoms with E-state index >= 15 is 4.39 Å². The van der Waals surface area contributed by atoms with E-state index in [1.807, 2.05) is 23.1 Å². The number of halogens is 1. The molecule has 2 amide bonds. The zero-order valence-electron chi connectivity index (χ0n) is 29.0. The molecule has 9 nitrogen and oxygen atoms in total. The van der Waals surface area contributed by atoms with Crippen LogP contribution in [-0.4, -0.2) is 74.3 Å². The van der Waals surface area contributed by atoms with Gasteiger partial charge in [-0.2, -0.15) is 5.10 Å². The van der Waals surface area contributed by atoms with Crippen LogP contribution < -0.4 is 5.56 Å². The van der Waals surface area contributed by atoms with Gasteiger partial charge in [0, 0.05) is 44.4 Å². The van der Waals surface area contributed by atoms with E-state index < -0.39 is 11.7 Å². The first kappa shape index (κ1) is 33.6. The Morgan fingerprint density at radius 2 is 1.75 bits per heavy atom. The summed E-state index contributed by atoms with van der Waals surface area (Å²) in [5.74, 6) is 0.797. The number of hydrogen-bond acceptors (Lipinski definition) is 6. The van der Waals surface area contributed by atoms with Crippen LogP contribution in [0.2, 0.25) is 0 Å². The fraction of sp³-hybridized carbons (Fsp3) is 0.463. The summed E-state index contributed by atoms with van der Waals surface area (Å²) >= 11 is 0. The number of benzene rings is 3. The van der Waals surface area contributed by atoms with Gasteiger partial charge in [-0.1, -0.05) is 37.3 Å². The molecule has 3 aliphatic carbocycles. The molecule has 0 radical (unpaired) electrons. The van der Waals surface area contributed by atoms with E-state index in [0.29, 0.717) is 78.8 Å². The van der Waals surface area contributed by atoms with Crippen molar-refractivity contribution in [3.8, 4) is 5.75 Å². The Hall–Kier alpha value is -4.57. The van der Waals surface area contributed by atoms with E-state index in [2.05, 4.69) is 23.2 Å². The lowest BCUT2D eigenvalue weighted by Gasteiger charge is -2.53. The highest BCUT2D eigenvalue weighted by Crippen LogP contribution is 2.62. The third-order valence-electron chi connectivity index (χ3n) is 12.9. The fourth-order valence-corrected chi connectivity index (χ4v) is 10.2. The largest absolute Gasteiger partial charge is 0.508 e. The molecule has 1 aliphatic heterocycles. The van der Waals surface area contributed by atoms with Crippen molar-refractivity contribution < 1.29 is 24.2 Å². The number of fused-ring (bicyclic) bond motifs is 6. The Kier molecular flexibility index (Phi) is 8.69. The average molecular weight is 693 g/mol. The van der Waals surface area contributed by atoms with Crippen LogP contribution in [-0.2, 0) is 17.6 Å². The second-order valence-electron chi connectivity index (χ2n) is 15.5. The van der Waals surface area contributed by atoms with Crippen LogP contribution in [0.25, 0.3) is 10.8 Å². The van der Waals surface area contributed by atoms with Gasteiger partial charge in [-0.15, -0.1) is 0 Å². The first-order valence-electron chi connectivity index (χ1n) is 18.4. The van der Waals surface area contributed by atoms with Gasteiger partial charge in [0.1, 0.15) is 11.6 Å². The molecule has 10 heteroatoms. The van der Waals surface area contributed by atoms with E-state index in [9.17, 15) is 24.6 Å². The van der Waals surface area contributed by atoms with Crippen molar-refractivity contribution in [1.29, 1.82) is 0 Å². The number of H-pyrrole nitrogens is 1. The molecule has 3 fully saturated rings. The molecular weight excluding hydrogens is 647 g/mol. The molecule has 4 aromatic rings. The summed E-state index contributed by atoms with van der Waals surface area (Å²) in [6.07, 6.45) is 5.86. The maximum atomic E-state index is 15.1. The number of aromatic amines is 1. The molecule has 8 rings (SSSR count). The molecule has 266 valence electrons. The highest BCUT2D eigenvalue weighted by atomic mass is 19.1. The van der Waals surface area contributed by atoms with Crippen molar-refractivity contribution in [2.75, 3.05) is 26.2 Å². The summed E-state index contributed by atoms with van der Waals surface area (Å²) in [7, 11) is 0. The van der Waals surface area contributed by atoms with Crippen molar-refractivity contribution in [2.24, 2.45) is 23.2 Å². The minimum Gasteiger partial charge on any atom is -0.508 e. The lowest BCUT2D eigenvalue weighted by Crippen LogP contribution is -2.51. The molecule has 1 saturated heterocycles. The Morgan fingerprint density at radius 1 is 0.980 bits per heavy atom. The van der Waals surface area contributed by atoms with E-state index in [1.165, 1.54) is 17.2 Å². The predicted molar refractivity (Wildman–Crippen MR) is 191 cm³/mol. The maximum absolute atomic E-state index is 15.1. The third-order valence-corrected chi connectivity index (χ3v) is 12.9. The van der Waals surface area contributed by atoms with E-state index in [1.54, 1.807) is 35.2 Å². The average Bonchev–Trinajstić information content (AvgIpc) is 3.45. The Balaban J connectivity index is 0.917. The number of aliphatic hydroxyl groups is 1. The van der Waals surface area contributed by atoms with Crippen molar-refractivity contribution >= 4 is 22.6 Å². The second kappa shape index (κ2) is 13.2. The van der Waals surface area contributed by atoms with Gasteiger partial charge in [-0.3, -0.25) is 14.4 Å². The number of nitrogens with zero attached hydrogens (tertiary/aromatic N) is 3. The van der Waals surface area contributed by atoms with Crippen LogP contribution in [0.3, 0.4) is 0 Å². The molecule has 2 saturated carbocycles. The van der Waals surface area contributed by atoms with E-state index in [0.717, 1.165) is 38.5 Å². The summed E-state index contributed by atoms with van der Waals surface area (Å²) in [5.41, 5.74) is 3.45. The number of nitrogens with one attached hydrogen (secondary N) is 1. The molecule has 0 spiro atoms. The summed E-state index contributed by atoms with van der Waals surface area (Å²) < 4.78 is 15.1. The second-order valence-corrected chi connectivity index (χ2v) is 15.5. The third kappa shape index (κ3) is 6.01. The molecular formula is C41H45FN4O5. The lowest BCUT2D eigenvalue weighted by molar-refractivity contribution is -0.133. The summed E-state index contributed by atoms with van der Waals surface area (Å²) in [6.45, 7) is 3.67. The first-order valence-corrected chi connectivity index (χ1v) is 18.4. The number of piperazine rings is 1. The van der Waals surface area contributed by atoms with Crippen molar-refractivity contribution in [3.63, 3.8) is 0 Å². The smallest absolute Gasteiger partial charge is 0.272 e. The van der Waals surface area contributed by atoms with Gasteiger partial charge in [0.2, 0.25) is 5.91 Å². The number of rotatable bonds is 6. The normalized spacial score (nSPS) is 27.2. The number of amides is 2. The van der Waals surface area contributed by atoms with Gasteiger partial charge in [-0.25, -0.2) is 9.49 Å². The Bertz CT molecular complexity index is 2060. The monoisotopic (exact) mass is 692 g/mol. The minimum absolute atomic E-state index is 0.0179. The van der Waals surface area contributed by atoms with Crippen LogP contribution in [0.1, 0.15) is 84.1 Å². The van der Waals surface area contributed by atoms with Gasteiger partial charge in [0.15, 0.2) is 0 Å². The molecule has 4 aliphatic rings. The van der Waals surface area contributed by atoms with Crippen molar-refractivity contribution in [2.45, 2.75) is 70.3 Å². The number of aromatic nitrogens is 2. The molecule has 51 heavy (non-hydrogen) atoms. The first-order chi connectivity index (χ1) is 24.6. The standard InChI is InChI=1S/C41H45FN4O5/c1-41-15-14-30-28-9-8-27(47)23-26(28)22-25(38(30)33(41)10-12-36(41)48)7-13-37(49)45-16-18-46(19-17-45)40(51)32-20-24(6-11-34(32)42)21-35-29-4-2-3-5-31(29)39(50)44-43-35/h2-6,8-9,11,20,23,25,30,33,36,38,47-48H,7,10,12-19,21-22H2,1H3,(H,44,50)/t25-,30-,33+,36+,38-,41+/m1/s1. The zero-order chi connectivity index (χ0) is 35.4. The SMILES string of the molecule is C[C@]12CC[C@@H]3c4ccc(O)cc4C[C@@H](CCC(=O)N4CCN(C(=O)c5cc(Cc6n[nH]c(=O)c7ccccc67)ccc5F)CC4)[C@H]3[C@@H]1CC[C@@H]2O. The highest BCUT2D eigenvalue weighted by Gasteiger charge is 2.56. The van der Waals surface area contributed by atoms with Crippen LogP contribution in [0.5, 0.6) is 5.75 Å². The maximum Gasteiger partial charge on any atom is 0.272 e. The van der Waals surface area contributed by atoms with Crippen LogP contribution in [0.15, 0.2) is 65.5 Å². The van der Waals surface area contributed by atoms with Crippen LogP contribution in [0.4, 0.5) is 4.39 Å². The topological polar surface area (TPSA) is 127 Å². The fourth-order valence-electron chi connectivity index (χ4n) is 10.2. The number of phenolic OH excluding ortho intramolecular Hbond substituents is 1. The van der Waals surface area contributed by atoms with Gasteiger partial charge >= 0.3 is 0 Å². The number of carbonyl (C=O) groups excluding carboxylic acids is 2. The summed E-state index contributed by atoms with van der Waals surface area (Å²) in [5, 5.41) is 29.3. The summed E-state index contributed by atoms with van der Waals surface area (Å²) in [4.78, 5) is 42.9. The highest BCUT2D eigenvalue weighted by molar-refractivity contribution is 5.95. The van der Waals surface area contributed by atoms with E-state index in [4.69, 9.17) is 0 Å². The number of hydrogen-bond donors (Lipinski definition) is 3. The van der Waals surface area contributed by atoms with Gasteiger partial charge < -0.3 is 20.0 Å². The van der Waals surface area contributed by atoms with Crippen molar-refractivity contribution in [1.82, 2.24) is 20.0 Å². The van der Waals surface area contributed by atoms with Crippen LogP contribution in [0, 0.1) is 29.0 Å². The Labute approximate surface area is 296 Å². The Morgan fingerprint density at radius 3 is 2.55 bits per heavy atom. The molecule has 6 atom stereocenters. The lowest BCUT2D eigenvalue weighted by atomic mass is 9.52. The molecule has 1 aromatic heterocycles. The molecule has 2 heterocycles. The number of carbonyl (C=O) groups is 2. The van der Waals surface area contributed by atoms with Crippen LogP contribution >= 0.6 is 0 Å². The zero-order valence-corrected chi connectivity index (χ0v) is 29.0. The molecule has 0 unspecified atom stereocenters. The molecule has 3 N–H and O–H groups in total. The summed E-state index contributed by atoms with van der Waals surface area (Å²) in [6, 6.07) is 17.4. The quantitative estimate of drug-likeness (QED) is 0.243. The van der Waals surface area contributed by atoms with Gasteiger partial charge in [0.25, 0.3) is 11.5 Å². The van der Waals surface area contributed by atoms with E-state index in [-0.39, 0.29) is 40.2 Å². The number of phenols is 1. The molecule has 3 aromatic carbocycles. The number of aliphatic hydroxyl groups excluding tert-OH is 1.